The van der Waals surface area contributed by atoms with Gasteiger partial charge in [-0.3, -0.25) is 4.79 Å². The van der Waals surface area contributed by atoms with Crippen molar-refractivity contribution < 1.29 is 17.7 Å². The molecule has 162 valence electrons. The number of hydrogen-bond acceptors (Lipinski definition) is 6. The van der Waals surface area contributed by atoms with Crippen molar-refractivity contribution in [2.45, 2.75) is 43.2 Å². The molecule has 0 aliphatic carbocycles. The van der Waals surface area contributed by atoms with E-state index < -0.39 is 16.1 Å². The fraction of sp³-hybridized carbons (Fsp3) is 0.318. The van der Waals surface area contributed by atoms with Crippen LogP contribution < -0.4 is 5.32 Å². The summed E-state index contributed by atoms with van der Waals surface area (Å²) in [7, 11) is -3.64. The van der Waals surface area contributed by atoms with E-state index in [1.807, 2.05) is 30.3 Å². The van der Waals surface area contributed by atoms with E-state index in [2.05, 4.69) is 15.5 Å². The maximum atomic E-state index is 13.0. The minimum absolute atomic E-state index is 0.113. The standard InChI is InChI=1S/C22H24N4O4S/c27-20(23-16-17-8-3-1-4-9-17)13-14-21-24-22(25-30-21)19-12-7-15-26(19)31(28,29)18-10-5-2-6-11-18/h1-6,8-11,19H,7,12-16H2,(H,23,27). The molecule has 0 radical (unpaired) electrons. The molecule has 1 saturated heterocycles. The lowest BCUT2D eigenvalue weighted by Gasteiger charge is -2.21. The average molecular weight is 441 g/mol. The van der Waals surface area contributed by atoms with Crippen LogP contribution in [0.15, 0.2) is 70.1 Å². The Balaban J connectivity index is 1.36. The highest BCUT2D eigenvalue weighted by atomic mass is 32.2. The van der Waals surface area contributed by atoms with Crippen LogP contribution in [-0.4, -0.2) is 35.3 Å². The van der Waals surface area contributed by atoms with Gasteiger partial charge < -0.3 is 9.84 Å². The topological polar surface area (TPSA) is 105 Å². The van der Waals surface area contributed by atoms with E-state index in [1.165, 1.54) is 4.31 Å². The first-order chi connectivity index (χ1) is 15.0. The maximum absolute atomic E-state index is 13.0. The molecule has 2 heterocycles. The SMILES string of the molecule is O=C(CCc1nc(C2CCCN2S(=O)(=O)c2ccccc2)no1)NCc1ccccc1. The van der Waals surface area contributed by atoms with E-state index in [0.717, 1.165) is 12.0 Å². The first-order valence-corrected chi connectivity index (χ1v) is 11.7. The molecule has 31 heavy (non-hydrogen) atoms. The highest BCUT2D eigenvalue weighted by molar-refractivity contribution is 7.89. The van der Waals surface area contributed by atoms with Crippen LogP contribution in [0, 0.1) is 0 Å². The molecule has 1 unspecified atom stereocenters. The van der Waals surface area contributed by atoms with Gasteiger partial charge in [0.2, 0.25) is 21.8 Å². The third-order valence-electron chi connectivity index (χ3n) is 5.23. The van der Waals surface area contributed by atoms with Gasteiger partial charge in [-0.1, -0.05) is 53.7 Å². The van der Waals surface area contributed by atoms with Crippen LogP contribution in [0.25, 0.3) is 0 Å². The monoisotopic (exact) mass is 440 g/mol. The van der Waals surface area contributed by atoms with Crippen molar-refractivity contribution in [3.05, 3.63) is 77.9 Å². The molecule has 1 aromatic heterocycles. The fourth-order valence-corrected chi connectivity index (χ4v) is 5.30. The lowest BCUT2D eigenvalue weighted by atomic mass is 10.2. The summed E-state index contributed by atoms with van der Waals surface area (Å²) < 4.78 is 32.8. The summed E-state index contributed by atoms with van der Waals surface area (Å²) in [5.41, 5.74) is 1.02. The Morgan fingerprint density at radius 2 is 1.81 bits per heavy atom. The smallest absolute Gasteiger partial charge is 0.243 e. The lowest BCUT2D eigenvalue weighted by molar-refractivity contribution is -0.121. The Bertz CT molecular complexity index is 1120. The molecule has 8 nitrogen and oxygen atoms in total. The van der Waals surface area contributed by atoms with E-state index >= 15 is 0 Å². The van der Waals surface area contributed by atoms with Crippen LogP contribution >= 0.6 is 0 Å². The van der Waals surface area contributed by atoms with Crippen LogP contribution in [0.1, 0.15) is 42.6 Å². The van der Waals surface area contributed by atoms with Crippen LogP contribution in [0.2, 0.25) is 0 Å². The summed E-state index contributed by atoms with van der Waals surface area (Å²) in [5, 5.41) is 6.86. The Kier molecular flexibility index (Phi) is 6.43. The zero-order chi connectivity index (χ0) is 21.7. The Hall–Kier alpha value is -3.04. The molecular formula is C22H24N4O4S. The summed E-state index contributed by atoms with van der Waals surface area (Å²) in [4.78, 5) is 16.7. The largest absolute Gasteiger partial charge is 0.352 e. The first-order valence-electron chi connectivity index (χ1n) is 10.2. The van der Waals surface area contributed by atoms with Gasteiger partial charge in [0.1, 0.15) is 0 Å². The van der Waals surface area contributed by atoms with E-state index in [4.69, 9.17) is 4.52 Å². The van der Waals surface area contributed by atoms with Crippen LogP contribution in [0.4, 0.5) is 0 Å². The van der Waals surface area contributed by atoms with E-state index in [-0.39, 0.29) is 17.2 Å². The van der Waals surface area contributed by atoms with Crippen molar-refractivity contribution in [1.29, 1.82) is 0 Å². The van der Waals surface area contributed by atoms with Crippen molar-refractivity contribution in [3.63, 3.8) is 0 Å². The van der Waals surface area contributed by atoms with Gasteiger partial charge in [0.25, 0.3) is 0 Å². The van der Waals surface area contributed by atoms with Gasteiger partial charge in [-0.25, -0.2) is 8.42 Å². The van der Waals surface area contributed by atoms with Crippen LogP contribution in [0.3, 0.4) is 0 Å². The molecule has 1 fully saturated rings. The second kappa shape index (κ2) is 9.40. The molecule has 1 amide bonds. The van der Waals surface area contributed by atoms with Crippen molar-refractivity contribution in [2.75, 3.05) is 6.54 Å². The lowest BCUT2D eigenvalue weighted by Crippen LogP contribution is -2.31. The molecular weight excluding hydrogens is 416 g/mol. The number of nitrogens with zero attached hydrogens (tertiary/aromatic N) is 3. The van der Waals surface area contributed by atoms with Gasteiger partial charge in [-0.05, 0) is 30.5 Å². The van der Waals surface area contributed by atoms with E-state index in [9.17, 15) is 13.2 Å². The molecule has 1 aliphatic heterocycles. The number of rotatable bonds is 8. The highest BCUT2D eigenvalue weighted by Gasteiger charge is 2.38. The van der Waals surface area contributed by atoms with Gasteiger partial charge in [-0.15, -0.1) is 0 Å². The third kappa shape index (κ3) is 5.00. The minimum atomic E-state index is -3.64. The quantitative estimate of drug-likeness (QED) is 0.577. The van der Waals surface area contributed by atoms with Crippen molar-refractivity contribution >= 4 is 15.9 Å². The van der Waals surface area contributed by atoms with Crippen molar-refractivity contribution in [3.8, 4) is 0 Å². The fourth-order valence-electron chi connectivity index (χ4n) is 3.62. The molecule has 2 aromatic carbocycles. The second-order valence-electron chi connectivity index (χ2n) is 7.40. The van der Waals surface area contributed by atoms with Gasteiger partial charge in [0.15, 0.2) is 5.82 Å². The highest BCUT2D eigenvalue weighted by Crippen LogP contribution is 2.35. The summed E-state index contributed by atoms with van der Waals surface area (Å²) in [6, 6.07) is 17.5. The number of benzene rings is 2. The Labute approximate surface area is 181 Å². The van der Waals surface area contributed by atoms with Gasteiger partial charge in [0, 0.05) is 25.9 Å². The molecule has 4 rings (SSSR count). The normalized spacial score (nSPS) is 17.0. The molecule has 0 saturated carbocycles. The number of nitrogens with one attached hydrogen (secondary N) is 1. The molecule has 3 aromatic rings. The van der Waals surface area contributed by atoms with E-state index in [1.54, 1.807) is 30.3 Å². The molecule has 0 bridgehead atoms. The number of aryl methyl sites for hydroxylation is 1. The summed E-state index contributed by atoms with van der Waals surface area (Å²) in [6.07, 6.45) is 1.86. The van der Waals surface area contributed by atoms with Gasteiger partial charge >= 0.3 is 0 Å². The number of hydrogen-bond donors (Lipinski definition) is 1. The average Bonchev–Trinajstić information content (AvgIpc) is 3.47. The van der Waals surface area contributed by atoms with Crippen LogP contribution in [-0.2, 0) is 27.8 Å². The molecule has 1 aliphatic rings. The molecule has 9 heteroatoms. The minimum Gasteiger partial charge on any atom is -0.352 e. The second-order valence-corrected chi connectivity index (χ2v) is 9.29. The Morgan fingerprint density at radius 1 is 1.10 bits per heavy atom. The number of carbonyl (C=O) groups excluding carboxylic acids is 1. The number of amides is 1. The zero-order valence-electron chi connectivity index (χ0n) is 17.0. The molecule has 1 atom stereocenters. The van der Waals surface area contributed by atoms with Crippen molar-refractivity contribution in [1.82, 2.24) is 19.8 Å². The summed E-state index contributed by atoms with van der Waals surface area (Å²) in [6.45, 7) is 0.872. The van der Waals surface area contributed by atoms with Crippen LogP contribution in [0.5, 0.6) is 0 Å². The predicted molar refractivity (Wildman–Crippen MR) is 113 cm³/mol. The third-order valence-corrected chi connectivity index (χ3v) is 7.16. The maximum Gasteiger partial charge on any atom is 0.243 e. The van der Waals surface area contributed by atoms with Crippen molar-refractivity contribution in [2.24, 2.45) is 0 Å². The summed E-state index contributed by atoms with van der Waals surface area (Å²) >= 11 is 0. The summed E-state index contributed by atoms with van der Waals surface area (Å²) in [5.74, 6) is 0.559. The number of sulfonamides is 1. The Morgan fingerprint density at radius 3 is 2.55 bits per heavy atom. The predicted octanol–water partition coefficient (Wildman–Crippen LogP) is 2.84. The molecule has 0 spiro atoms. The first kappa shape index (κ1) is 21.2. The van der Waals surface area contributed by atoms with Gasteiger partial charge in [0.05, 0.1) is 10.9 Å². The van der Waals surface area contributed by atoms with E-state index in [0.29, 0.717) is 37.6 Å². The zero-order valence-corrected chi connectivity index (χ0v) is 17.8. The number of carbonyl (C=O) groups is 1. The number of aromatic nitrogens is 2. The molecule has 1 N–H and O–H groups in total. The van der Waals surface area contributed by atoms with Gasteiger partial charge in [-0.2, -0.15) is 9.29 Å².